The van der Waals surface area contributed by atoms with Gasteiger partial charge >= 0.3 is 0 Å². The first-order valence-electron chi connectivity index (χ1n) is 8.81. The van der Waals surface area contributed by atoms with Gasteiger partial charge in [-0.3, -0.25) is 4.79 Å². The molecule has 2 aromatic carbocycles. The van der Waals surface area contributed by atoms with Crippen LogP contribution < -0.4 is 15.8 Å². The number of anilines is 1. The van der Waals surface area contributed by atoms with Crippen molar-refractivity contribution >= 4 is 34.9 Å². The lowest BCUT2D eigenvalue weighted by atomic mass is 10.1. The largest absolute Gasteiger partial charge is 0.508 e. The maximum absolute atomic E-state index is 12.4. The van der Waals surface area contributed by atoms with Crippen LogP contribution in [0.15, 0.2) is 54.7 Å². The van der Waals surface area contributed by atoms with Crippen molar-refractivity contribution < 1.29 is 14.6 Å². The Bertz CT molecular complexity index is 1010. The van der Waals surface area contributed by atoms with Crippen molar-refractivity contribution in [2.45, 2.75) is 13.0 Å². The molecule has 3 aromatic rings. The van der Waals surface area contributed by atoms with E-state index < -0.39 is 0 Å². The van der Waals surface area contributed by atoms with E-state index in [0.29, 0.717) is 34.1 Å². The number of ether oxygens (including phenoxy) is 1. The van der Waals surface area contributed by atoms with Gasteiger partial charge in [0.05, 0.1) is 5.56 Å². The fourth-order valence-electron chi connectivity index (χ4n) is 2.65. The first-order chi connectivity index (χ1) is 13.9. The molecule has 0 aliphatic carbocycles. The Morgan fingerprint density at radius 3 is 2.59 bits per heavy atom. The number of carbonyl (C=O) groups is 1. The maximum atomic E-state index is 12.4. The van der Waals surface area contributed by atoms with Crippen LogP contribution in [0.5, 0.6) is 11.5 Å². The van der Waals surface area contributed by atoms with Gasteiger partial charge in [0.25, 0.3) is 5.91 Å². The normalized spacial score (nSPS) is 10.6. The lowest BCUT2D eigenvalue weighted by molar-refractivity contribution is 0.0953. The molecule has 150 valence electrons. The molecule has 0 saturated carbocycles. The van der Waals surface area contributed by atoms with Gasteiger partial charge < -0.3 is 20.9 Å². The molecule has 0 radical (unpaired) electrons. The van der Waals surface area contributed by atoms with E-state index in [1.807, 2.05) is 6.07 Å². The van der Waals surface area contributed by atoms with Gasteiger partial charge in [0, 0.05) is 28.4 Å². The predicted molar refractivity (Wildman–Crippen MR) is 114 cm³/mol. The van der Waals surface area contributed by atoms with Crippen LogP contribution in [0.2, 0.25) is 10.0 Å². The summed E-state index contributed by atoms with van der Waals surface area (Å²) in [4.78, 5) is 16.4. The number of halogens is 2. The van der Waals surface area contributed by atoms with Gasteiger partial charge in [-0.2, -0.15) is 0 Å². The number of benzene rings is 2. The van der Waals surface area contributed by atoms with E-state index in [4.69, 9.17) is 33.7 Å². The lowest BCUT2D eigenvalue weighted by Gasteiger charge is -2.12. The smallest absolute Gasteiger partial charge is 0.252 e. The van der Waals surface area contributed by atoms with E-state index >= 15 is 0 Å². The number of nitrogens with one attached hydrogen (secondary N) is 1. The minimum atomic E-state index is -0.307. The van der Waals surface area contributed by atoms with Crippen molar-refractivity contribution in [3.8, 4) is 11.5 Å². The van der Waals surface area contributed by atoms with Crippen LogP contribution in [-0.4, -0.2) is 22.5 Å². The highest BCUT2D eigenvalue weighted by atomic mass is 35.5. The van der Waals surface area contributed by atoms with E-state index in [2.05, 4.69) is 10.3 Å². The molecule has 0 atom stereocenters. The summed E-state index contributed by atoms with van der Waals surface area (Å²) in [5.41, 5.74) is 7.72. The third-order valence-corrected chi connectivity index (χ3v) is 4.90. The second kappa shape index (κ2) is 9.49. The number of phenols is 1. The molecule has 29 heavy (non-hydrogen) atoms. The van der Waals surface area contributed by atoms with E-state index in [0.717, 1.165) is 5.56 Å². The van der Waals surface area contributed by atoms with Gasteiger partial charge in [-0.25, -0.2) is 4.98 Å². The molecule has 0 aliphatic heterocycles. The van der Waals surface area contributed by atoms with Gasteiger partial charge in [-0.15, -0.1) is 0 Å². The second-order valence-corrected chi connectivity index (χ2v) is 7.09. The van der Waals surface area contributed by atoms with E-state index in [-0.39, 0.29) is 29.8 Å². The van der Waals surface area contributed by atoms with Crippen molar-refractivity contribution in [2.75, 3.05) is 12.3 Å². The highest BCUT2D eigenvalue weighted by molar-refractivity contribution is 6.35. The summed E-state index contributed by atoms with van der Waals surface area (Å²) in [6, 6.07) is 13.6. The molecule has 0 fully saturated rings. The Morgan fingerprint density at radius 2 is 1.86 bits per heavy atom. The molecule has 6 nitrogen and oxygen atoms in total. The third kappa shape index (κ3) is 5.53. The number of nitrogens with two attached hydrogens (primary N) is 1. The molecule has 3 rings (SSSR count). The first kappa shape index (κ1) is 20.8. The summed E-state index contributed by atoms with van der Waals surface area (Å²) in [5, 5.41) is 13.2. The number of nitrogen functional groups attached to an aromatic ring is 1. The van der Waals surface area contributed by atoms with Crippen molar-refractivity contribution in [3.63, 3.8) is 0 Å². The maximum Gasteiger partial charge on any atom is 0.252 e. The SMILES string of the molecule is Nc1ncc(C(=O)NCCc2cccc(O)c2)cc1OCc1c(Cl)cccc1Cl. The zero-order valence-electron chi connectivity index (χ0n) is 15.4. The number of aromatic hydroxyl groups is 1. The first-order valence-corrected chi connectivity index (χ1v) is 9.57. The Morgan fingerprint density at radius 1 is 1.14 bits per heavy atom. The Hall–Kier alpha value is -2.96. The zero-order valence-corrected chi connectivity index (χ0v) is 16.9. The molecule has 1 heterocycles. The fourth-order valence-corrected chi connectivity index (χ4v) is 3.16. The zero-order chi connectivity index (χ0) is 20.8. The number of hydrogen-bond acceptors (Lipinski definition) is 5. The minimum Gasteiger partial charge on any atom is -0.508 e. The van der Waals surface area contributed by atoms with Gasteiger partial charge in [0.15, 0.2) is 11.6 Å². The number of amides is 1. The molecule has 8 heteroatoms. The predicted octanol–water partition coefficient (Wildman–Crippen LogP) is 4.23. The summed E-state index contributed by atoms with van der Waals surface area (Å²) in [6.07, 6.45) is 1.96. The molecule has 0 bridgehead atoms. The van der Waals surface area contributed by atoms with Crippen LogP contribution in [0.1, 0.15) is 21.5 Å². The number of rotatable bonds is 7. The number of carbonyl (C=O) groups excluding carboxylic acids is 1. The van der Waals surface area contributed by atoms with Gasteiger partial charge in [-0.1, -0.05) is 41.4 Å². The van der Waals surface area contributed by atoms with Crippen LogP contribution >= 0.6 is 23.2 Å². The second-order valence-electron chi connectivity index (χ2n) is 6.27. The van der Waals surface area contributed by atoms with Crippen molar-refractivity contribution in [3.05, 3.63) is 81.5 Å². The van der Waals surface area contributed by atoms with Crippen LogP contribution in [0.25, 0.3) is 0 Å². The standard InChI is InChI=1S/C21H19Cl2N3O3/c22-17-5-2-6-18(23)16(17)12-29-19-10-14(11-26-20(19)24)21(28)25-8-7-13-3-1-4-15(27)9-13/h1-6,9-11,27H,7-8,12H2,(H2,24,26)(H,25,28). The summed E-state index contributed by atoms with van der Waals surface area (Å²) >= 11 is 12.3. The van der Waals surface area contributed by atoms with Crippen LogP contribution in [0, 0.1) is 0 Å². The fraction of sp³-hybridized carbons (Fsp3) is 0.143. The summed E-state index contributed by atoms with van der Waals surface area (Å²) in [5.74, 6) is 0.307. The van der Waals surface area contributed by atoms with Crippen molar-refractivity contribution in [1.82, 2.24) is 10.3 Å². The van der Waals surface area contributed by atoms with Gasteiger partial charge in [0.2, 0.25) is 0 Å². The number of phenolic OH excluding ortho intramolecular Hbond substituents is 1. The summed E-state index contributed by atoms with van der Waals surface area (Å²) in [7, 11) is 0. The van der Waals surface area contributed by atoms with E-state index in [1.165, 1.54) is 12.3 Å². The van der Waals surface area contributed by atoms with E-state index in [1.54, 1.807) is 36.4 Å². The summed E-state index contributed by atoms with van der Waals surface area (Å²) in [6.45, 7) is 0.491. The topological polar surface area (TPSA) is 97.5 Å². The van der Waals surface area contributed by atoms with Crippen LogP contribution in [-0.2, 0) is 13.0 Å². The summed E-state index contributed by atoms with van der Waals surface area (Å²) < 4.78 is 5.70. The number of hydrogen-bond donors (Lipinski definition) is 3. The average Bonchev–Trinajstić information content (AvgIpc) is 2.69. The van der Waals surface area contributed by atoms with Gasteiger partial charge in [-0.05, 0) is 42.3 Å². The number of aromatic nitrogens is 1. The molecule has 0 unspecified atom stereocenters. The lowest BCUT2D eigenvalue weighted by Crippen LogP contribution is -2.26. The van der Waals surface area contributed by atoms with Crippen LogP contribution in [0.3, 0.4) is 0 Å². The third-order valence-electron chi connectivity index (χ3n) is 4.19. The Balaban J connectivity index is 1.62. The Labute approximate surface area is 178 Å². The van der Waals surface area contributed by atoms with E-state index in [9.17, 15) is 9.90 Å². The van der Waals surface area contributed by atoms with Crippen LogP contribution in [0.4, 0.5) is 5.82 Å². The average molecular weight is 432 g/mol. The molecule has 1 amide bonds. The van der Waals surface area contributed by atoms with Gasteiger partial charge in [0.1, 0.15) is 12.4 Å². The molecular weight excluding hydrogens is 413 g/mol. The molecule has 0 spiro atoms. The Kier molecular flexibility index (Phi) is 6.80. The minimum absolute atomic E-state index is 0.0902. The molecule has 0 aliphatic rings. The monoisotopic (exact) mass is 431 g/mol. The number of nitrogens with zero attached hydrogens (tertiary/aromatic N) is 1. The highest BCUT2D eigenvalue weighted by Crippen LogP contribution is 2.27. The van der Waals surface area contributed by atoms with Crippen molar-refractivity contribution in [1.29, 1.82) is 0 Å². The molecular formula is C21H19Cl2N3O3. The molecule has 4 N–H and O–H groups in total. The highest BCUT2D eigenvalue weighted by Gasteiger charge is 2.12. The quantitative estimate of drug-likeness (QED) is 0.519. The van der Waals surface area contributed by atoms with Crippen molar-refractivity contribution in [2.24, 2.45) is 0 Å². The number of pyridine rings is 1. The molecule has 0 saturated heterocycles. The molecule has 1 aromatic heterocycles.